The van der Waals surface area contributed by atoms with Gasteiger partial charge in [0.15, 0.2) is 0 Å². The van der Waals surface area contributed by atoms with E-state index in [1.165, 1.54) is 82.6 Å². The van der Waals surface area contributed by atoms with E-state index in [0.717, 1.165) is 24.2 Å². The molecule has 0 amide bonds. The molecular weight excluding hydrogens is 440 g/mol. The molecule has 2 aliphatic carbocycles. The number of aryl methyl sites for hydroxylation is 1. The zero-order valence-electron chi connectivity index (χ0n) is 23.0. The van der Waals surface area contributed by atoms with Crippen molar-refractivity contribution in [3.8, 4) is 0 Å². The molecule has 2 aliphatic rings. The maximum atomic E-state index is 9.59. The van der Waals surface area contributed by atoms with Crippen molar-refractivity contribution in [3.63, 3.8) is 0 Å². The summed E-state index contributed by atoms with van der Waals surface area (Å²) in [6.45, 7) is 3.22. The summed E-state index contributed by atoms with van der Waals surface area (Å²) in [6, 6.07) is 19.3. The largest absolute Gasteiger partial charge is 0.396 e. The Bertz CT molecular complexity index is 855. The van der Waals surface area contributed by atoms with Crippen LogP contribution in [0, 0.1) is 11.8 Å². The molecule has 0 saturated heterocycles. The molecule has 0 heterocycles. The molecule has 2 aromatic carbocycles. The number of benzene rings is 2. The molecule has 2 fully saturated rings. The van der Waals surface area contributed by atoms with Crippen molar-refractivity contribution >= 4 is 0 Å². The van der Waals surface area contributed by atoms with Crippen LogP contribution in [0.4, 0.5) is 0 Å². The topological polar surface area (TPSA) is 29.5 Å². The standard InChI is InChI=1S/C34H50O2/c1-3-4-5-6-26-7-11-29(12-8-26)31-15-19-33(20-16-31)34-21-17-32(18-22-34)30-13-9-27(10-14-30)23-28(24-35)25-36-2/h7-8,11-12,17-18,21-22,27-28,30-31,33,35H,3-6,9-10,13-16,19-20,23-25H2,1-2H3. The fourth-order valence-corrected chi connectivity index (χ4v) is 6.97. The van der Waals surface area contributed by atoms with Crippen LogP contribution in [-0.4, -0.2) is 25.4 Å². The third kappa shape index (κ3) is 7.68. The van der Waals surface area contributed by atoms with Crippen molar-refractivity contribution < 1.29 is 9.84 Å². The fourth-order valence-electron chi connectivity index (χ4n) is 6.97. The van der Waals surface area contributed by atoms with Crippen molar-refractivity contribution in [3.05, 3.63) is 70.8 Å². The molecule has 0 spiro atoms. The van der Waals surface area contributed by atoms with Crippen LogP contribution in [0.5, 0.6) is 0 Å². The summed E-state index contributed by atoms with van der Waals surface area (Å²) in [5.74, 6) is 3.25. The molecule has 0 aromatic heterocycles. The van der Waals surface area contributed by atoms with Gasteiger partial charge >= 0.3 is 0 Å². The number of methoxy groups -OCH3 is 1. The summed E-state index contributed by atoms with van der Waals surface area (Å²) < 4.78 is 5.28. The van der Waals surface area contributed by atoms with E-state index in [4.69, 9.17) is 4.74 Å². The highest BCUT2D eigenvalue weighted by molar-refractivity contribution is 5.30. The van der Waals surface area contributed by atoms with Gasteiger partial charge in [-0.25, -0.2) is 0 Å². The predicted octanol–water partition coefficient (Wildman–Crippen LogP) is 8.78. The van der Waals surface area contributed by atoms with Crippen LogP contribution in [0.25, 0.3) is 0 Å². The highest BCUT2D eigenvalue weighted by atomic mass is 16.5. The zero-order chi connectivity index (χ0) is 25.2. The second-order valence-electron chi connectivity index (χ2n) is 11.9. The van der Waals surface area contributed by atoms with E-state index in [-0.39, 0.29) is 6.61 Å². The van der Waals surface area contributed by atoms with Gasteiger partial charge in [-0.1, -0.05) is 68.3 Å². The van der Waals surface area contributed by atoms with Crippen LogP contribution >= 0.6 is 0 Å². The van der Waals surface area contributed by atoms with Crippen LogP contribution in [-0.2, 0) is 11.2 Å². The Balaban J connectivity index is 1.22. The Hall–Kier alpha value is -1.64. The van der Waals surface area contributed by atoms with E-state index in [2.05, 4.69) is 55.5 Å². The number of aliphatic hydroxyl groups is 1. The minimum absolute atomic E-state index is 0.253. The first-order valence-corrected chi connectivity index (χ1v) is 15.0. The van der Waals surface area contributed by atoms with E-state index in [1.54, 1.807) is 23.8 Å². The lowest BCUT2D eigenvalue weighted by atomic mass is 9.74. The van der Waals surface area contributed by atoms with E-state index in [1.807, 2.05) is 0 Å². The molecule has 0 aliphatic heterocycles. The van der Waals surface area contributed by atoms with Gasteiger partial charge in [-0.2, -0.15) is 0 Å². The highest BCUT2D eigenvalue weighted by Gasteiger charge is 2.26. The van der Waals surface area contributed by atoms with E-state index in [0.29, 0.717) is 18.4 Å². The second kappa shape index (κ2) is 14.3. The van der Waals surface area contributed by atoms with Crippen molar-refractivity contribution in [1.82, 2.24) is 0 Å². The maximum absolute atomic E-state index is 9.59. The van der Waals surface area contributed by atoms with Gasteiger partial charge < -0.3 is 9.84 Å². The van der Waals surface area contributed by atoms with Gasteiger partial charge in [0.2, 0.25) is 0 Å². The average Bonchev–Trinajstić information content (AvgIpc) is 2.94. The average molecular weight is 491 g/mol. The second-order valence-corrected chi connectivity index (χ2v) is 11.9. The lowest BCUT2D eigenvalue weighted by Gasteiger charge is -2.31. The Labute approximate surface area is 220 Å². The molecule has 2 nitrogen and oxygen atoms in total. The molecular formula is C34H50O2. The number of ether oxygens (including phenoxy) is 1. The van der Waals surface area contributed by atoms with Crippen LogP contribution in [0.15, 0.2) is 48.5 Å². The fraction of sp³-hybridized carbons (Fsp3) is 0.647. The molecule has 1 atom stereocenters. The van der Waals surface area contributed by atoms with Crippen molar-refractivity contribution in [2.45, 2.75) is 108 Å². The highest BCUT2D eigenvalue weighted by Crippen LogP contribution is 2.42. The third-order valence-electron chi connectivity index (χ3n) is 9.30. The summed E-state index contributed by atoms with van der Waals surface area (Å²) in [5, 5.41) is 9.59. The van der Waals surface area contributed by atoms with E-state index >= 15 is 0 Å². The van der Waals surface area contributed by atoms with Gasteiger partial charge in [0, 0.05) is 19.6 Å². The number of rotatable bonds is 12. The van der Waals surface area contributed by atoms with Crippen LogP contribution < -0.4 is 0 Å². The number of hydrogen-bond acceptors (Lipinski definition) is 2. The van der Waals surface area contributed by atoms with Crippen LogP contribution in [0.2, 0.25) is 0 Å². The van der Waals surface area contributed by atoms with Crippen molar-refractivity contribution in [1.29, 1.82) is 0 Å². The molecule has 0 bridgehead atoms. The summed E-state index contributed by atoms with van der Waals surface area (Å²) in [4.78, 5) is 0. The molecule has 36 heavy (non-hydrogen) atoms. The molecule has 4 rings (SSSR count). The van der Waals surface area contributed by atoms with Gasteiger partial charge in [0.25, 0.3) is 0 Å². The number of hydrogen-bond donors (Lipinski definition) is 1. The Morgan fingerprint density at radius 3 is 1.64 bits per heavy atom. The molecule has 2 saturated carbocycles. The minimum Gasteiger partial charge on any atom is -0.396 e. The van der Waals surface area contributed by atoms with Crippen molar-refractivity contribution in [2.24, 2.45) is 11.8 Å². The number of aliphatic hydroxyl groups excluding tert-OH is 1. The molecule has 1 unspecified atom stereocenters. The van der Waals surface area contributed by atoms with E-state index in [9.17, 15) is 5.11 Å². The zero-order valence-corrected chi connectivity index (χ0v) is 23.0. The first-order chi connectivity index (χ1) is 17.7. The summed E-state index contributed by atoms with van der Waals surface area (Å²) in [6.07, 6.45) is 16.7. The quantitative estimate of drug-likeness (QED) is 0.301. The predicted molar refractivity (Wildman–Crippen MR) is 152 cm³/mol. The molecule has 2 aromatic rings. The van der Waals surface area contributed by atoms with Gasteiger partial charge in [0.05, 0.1) is 6.61 Å². The van der Waals surface area contributed by atoms with Crippen LogP contribution in [0.3, 0.4) is 0 Å². The maximum Gasteiger partial charge on any atom is 0.0512 e. The van der Waals surface area contributed by atoms with Gasteiger partial charge in [-0.05, 0) is 117 Å². The van der Waals surface area contributed by atoms with Gasteiger partial charge in [-0.15, -0.1) is 0 Å². The van der Waals surface area contributed by atoms with Crippen molar-refractivity contribution in [2.75, 3.05) is 20.3 Å². The SMILES string of the molecule is CCCCCc1ccc(C2CCC(c3ccc(C4CCC(CC(CO)COC)CC4)cc3)CC2)cc1. The summed E-state index contributed by atoms with van der Waals surface area (Å²) in [7, 11) is 1.74. The monoisotopic (exact) mass is 490 g/mol. The van der Waals surface area contributed by atoms with Gasteiger partial charge in [0.1, 0.15) is 0 Å². The smallest absolute Gasteiger partial charge is 0.0512 e. The molecule has 1 N–H and O–H groups in total. The van der Waals surface area contributed by atoms with E-state index < -0.39 is 0 Å². The molecule has 2 heteroatoms. The number of unbranched alkanes of at least 4 members (excludes halogenated alkanes) is 2. The molecule has 0 radical (unpaired) electrons. The minimum atomic E-state index is 0.253. The Morgan fingerprint density at radius 1 is 0.722 bits per heavy atom. The first kappa shape index (κ1) is 27.4. The Kier molecular flexibility index (Phi) is 10.9. The lowest BCUT2D eigenvalue weighted by molar-refractivity contribution is 0.0889. The third-order valence-corrected chi connectivity index (χ3v) is 9.30. The summed E-state index contributed by atoms with van der Waals surface area (Å²) >= 11 is 0. The first-order valence-electron chi connectivity index (χ1n) is 15.0. The van der Waals surface area contributed by atoms with Crippen LogP contribution in [0.1, 0.15) is 124 Å². The lowest BCUT2D eigenvalue weighted by Crippen LogP contribution is -2.21. The normalized spacial score (nSPS) is 25.5. The molecule has 198 valence electrons. The Morgan fingerprint density at radius 2 is 1.19 bits per heavy atom. The van der Waals surface area contributed by atoms with Gasteiger partial charge in [-0.3, -0.25) is 0 Å². The summed E-state index contributed by atoms with van der Waals surface area (Å²) in [5.41, 5.74) is 6.17.